The average molecular weight is 341 g/mol. The molecule has 25 heavy (non-hydrogen) atoms. The lowest BCUT2D eigenvalue weighted by atomic mass is 10.2. The second-order valence-electron chi connectivity index (χ2n) is 6.07. The summed E-state index contributed by atoms with van der Waals surface area (Å²) in [5.74, 6) is 1.34. The van der Waals surface area contributed by atoms with Gasteiger partial charge in [-0.15, -0.1) is 0 Å². The highest BCUT2D eigenvalue weighted by molar-refractivity contribution is 5.98. The molecule has 3 aromatic rings. The molecule has 1 fully saturated rings. The number of aromatic amines is 2. The Balaban J connectivity index is 1.66. The number of ether oxygens (including phenoxy) is 2. The van der Waals surface area contributed by atoms with Crippen LogP contribution in [0.2, 0.25) is 0 Å². The number of nitrogens with one attached hydrogen (secondary N) is 2. The summed E-state index contributed by atoms with van der Waals surface area (Å²) in [6.07, 6.45) is 2.11. The fraction of sp³-hybridized carbons (Fsp3) is 0.353. The number of likely N-dealkylation sites (tertiary alicyclic amines) is 1. The smallest absolute Gasteiger partial charge is 0.271 e. The number of hydrogen-bond donors (Lipinski definition) is 2. The Morgan fingerprint density at radius 2 is 2.20 bits per heavy atom. The van der Waals surface area contributed by atoms with Crippen molar-refractivity contribution in [3.05, 3.63) is 42.1 Å². The average Bonchev–Trinajstić information content (AvgIpc) is 3.38. The van der Waals surface area contributed by atoms with Crippen molar-refractivity contribution in [3.8, 4) is 5.75 Å². The molecule has 130 valence electrons. The second-order valence-corrected chi connectivity index (χ2v) is 6.07. The van der Waals surface area contributed by atoms with Gasteiger partial charge < -0.3 is 19.4 Å². The van der Waals surface area contributed by atoms with Crippen LogP contribution in [0.15, 0.2) is 30.6 Å². The molecule has 8 nitrogen and oxygen atoms in total. The first-order valence-corrected chi connectivity index (χ1v) is 8.05. The number of amides is 1. The number of carbonyl (C=O) groups is 1. The number of carbonyl (C=O) groups excluding carboxylic acids is 1. The first-order valence-electron chi connectivity index (χ1n) is 8.05. The van der Waals surface area contributed by atoms with Crippen molar-refractivity contribution in [1.82, 2.24) is 25.1 Å². The van der Waals surface area contributed by atoms with Crippen LogP contribution >= 0.6 is 0 Å². The van der Waals surface area contributed by atoms with E-state index >= 15 is 0 Å². The van der Waals surface area contributed by atoms with Crippen LogP contribution in [0.4, 0.5) is 0 Å². The molecule has 1 aliphatic heterocycles. The topological polar surface area (TPSA) is 96.1 Å². The molecule has 2 aromatic heterocycles. The SMILES string of the molecule is COc1ccc2[nH]c(C(=O)N3C[C@H](OC)C[C@H]3c3ncn[nH]3)cc2c1. The van der Waals surface area contributed by atoms with Crippen LogP contribution in [0.1, 0.15) is 28.8 Å². The summed E-state index contributed by atoms with van der Waals surface area (Å²) in [6, 6.07) is 7.33. The highest BCUT2D eigenvalue weighted by Gasteiger charge is 2.38. The zero-order chi connectivity index (χ0) is 17.4. The molecule has 1 aliphatic rings. The number of aromatic nitrogens is 4. The van der Waals surface area contributed by atoms with E-state index in [0.29, 0.717) is 24.5 Å². The molecule has 2 atom stereocenters. The molecule has 2 N–H and O–H groups in total. The molecule has 0 unspecified atom stereocenters. The minimum absolute atomic E-state index is 0.0245. The molecular formula is C17H19N5O3. The monoisotopic (exact) mass is 341 g/mol. The van der Waals surface area contributed by atoms with Crippen LogP contribution in [-0.4, -0.2) is 57.8 Å². The molecule has 0 saturated carbocycles. The van der Waals surface area contributed by atoms with Crippen LogP contribution < -0.4 is 4.74 Å². The normalized spacial score (nSPS) is 20.3. The zero-order valence-electron chi connectivity index (χ0n) is 14.0. The van der Waals surface area contributed by atoms with Crippen LogP contribution in [0, 0.1) is 0 Å². The van der Waals surface area contributed by atoms with Gasteiger partial charge in [0, 0.05) is 31.0 Å². The van der Waals surface area contributed by atoms with E-state index in [-0.39, 0.29) is 18.1 Å². The fourth-order valence-electron chi connectivity index (χ4n) is 3.33. The quantitative estimate of drug-likeness (QED) is 0.755. The molecule has 0 aliphatic carbocycles. The number of methoxy groups -OCH3 is 2. The van der Waals surface area contributed by atoms with E-state index in [1.165, 1.54) is 6.33 Å². The number of rotatable bonds is 4. The lowest BCUT2D eigenvalue weighted by molar-refractivity contribution is 0.0679. The first kappa shape index (κ1) is 15.6. The third-order valence-electron chi connectivity index (χ3n) is 4.66. The molecule has 0 bridgehead atoms. The van der Waals surface area contributed by atoms with Gasteiger partial charge in [-0.1, -0.05) is 0 Å². The Labute approximate surface area is 144 Å². The third-order valence-corrected chi connectivity index (χ3v) is 4.66. The molecule has 8 heteroatoms. The van der Waals surface area contributed by atoms with Crippen molar-refractivity contribution in [1.29, 1.82) is 0 Å². The van der Waals surface area contributed by atoms with E-state index in [1.54, 1.807) is 19.1 Å². The Morgan fingerprint density at radius 1 is 1.32 bits per heavy atom. The van der Waals surface area contributed by atoms with Crippen LogP contribution in [0.3, 0.4) is 0 Å². The number of nitrogens with zero attached hydrogens (tertiary/aromatic N) is 3. The van der Waals surface area contributed by atoms with E-state index in [1.807, 2.05) is 24.3 Å². The largest absolute Gasteiger partial charge is 0.497 e. The Bertz CT molecular complexity index is 889. The number of benzene rings is 1. The molecule has 3 heterocycles. The molecule has 0 spiro atoms. The second kappa shape index (κ2) is 6.21. The lowest BCUT2D eigenvalue weighted by Gasteiger charge is -2.21. The standard InChI is InChI=1S/C17H19N5O3/c1-24-11-3-4-13-10(5-11)6-14(20-13)17(23)22-8-12(25-2)7-15(22)16-18-9-19-21-16/h3-6,9,12,15,20H,7-8H2,1-2H3,(H,18,19,21)/t12-,15+/m1/s1. The molecule has 0 radical (unpaired) electrons. The van der Waals surface area contributed by atoms with E-state index < -0.39 is 0 Å². The summed E-state index contributed by atoms with van der Waals surface area (Å²) < 4.78 is 10.7. The van der Waals surface area contributed by atoms with E-state index in [9.17, 15) is 4.79 Å². The third kappa shape index (κ3) is 2.74. The van der Waals surface area contributed by atoms with Crippen molar-refractivity contribution >= 4 is 16.8 Å². The van der Waals surface area contributed by atoms with Crippen molar-refractivity contribution in [2.45, 2.75) is 18.6 Å². The Kier molecular flexibility index (Phi) is 3.89. The number of H-pyrrole nitrogens is 2. The van der Waals surface area contributed by atoms with Crippen molar-refractivity contribution in [2.75, 3.05) is 20.8 Å². The van der Waals surface area contributed by atoms with Gasteiger partial charge in [-0.05, 0) is 24.3 Å². The van der Waals surface area contributed by atoms with Gasteiger partial charge in [0.05, 0.1) is 19.3 Å². The van der Waals surface area contributed by atoms with E-state index in [0.717, 1.165) is 16.7 Å². The Morgan fingerprint density at radius 3 is 2.92 bits per heavy atom. The maximum absolute atomic E-state index is 13.1. The van der Waals surface area contributed by atoms with Gasteiger partial charge in [-0.2, -0.15) is 5.10 Å². The van der Waals surface area contributed by atoms with Gasteiger partial charge in [0.25, 0.3) is 5.91 Å². The van der Waals surface area contributed by atoms with Gasteiger partial charge >= 0.3 is 0 Å². The minimum atomic E-state index is -0.180. The molecule has 1 aromatic carbocycles. The number of hydrogen-bond acceptors (Lipinski definition) is 5. The van der Waals surface area contributed by atoms with Gasteiger partial charge in [0.2, 0.25) is 0 Å². The predicted octanol–water partition coefficient (Wildman–Crippen LogP) is 1.90. The molecule has 1 saturated heterocycles. The fourth-order valence-corrected chi connectivity index (χ4v) is 3.33. The van der Waals surface area contributed by atoms with Crippen molar-refractivity contribution in [3.63, 3.8) is 0 Å². The summed E-state index contributed by atoms with van der Waals surface area (Å²) in [5, 5.41) is 7.70. The van der Waals surface area contributed by atoms with Gasteiger partial charge in [-0.25, -0.2) is 4.98 Å². The predicted molar refractivity (Wildman–Crippen MR) is 90.4 cm³/mol. The summed E-state index contributed by atoms with van der Waals surface area (Å²) in [6.45, 7) is 0.513. The minimum Gasteiger partial charge on any atom is -0.497 e. The molecule has 1 amide bonds. The lowest BCUT2D eigenvalue weighted by Crippen LogP contribution is -2.32. The number of fused-ring (bicyclic) bond motifs is 1. The molecular weight excluding hydrogens is 322 g/mol. The maximum Gasteiger partial charge on any atom is 0.271 e. The first-order chi connectivity index (χ1) is 12.2. The zero-order valence-corrected chi connectivity index (χ0v) is 14.0. The summed E-state index contributed by atoms with van der Waals surface area (Å²) in [7, 11) is 3.28. The van der Waals surface area contributed by atoms with Crippen molar-refractivity contribution in [2.24, 2.45) is 0 Å². The van der Waals surface area contributed by atoms with Crippen molar-refractivity contribution < 1.29 is 14.3 Å². The Hall–Kier alpha value is -2.87. The highest BCUT2D eigenvalue weighted by atomic mass is 16.5. The van der Waals surface area contributed by atoms with Crippen LogP contribution in [0.25, 0.3) is 10.9 Å². The highest BCUT2D eigenvalue weighted by Crippen LogP contribution is 2.33. The molecule has 4 rings (SSSR count). The van der Waals surface area contributed by atoms with Gasteiger partial charge in [0.1, 0.15) is 23.6 Å². The van der Waals surface area contributed by atoms with Crippen LogP contribution in [0.5, 0.6) is 5.75 Å². The maximum atomic E-state index is 13.1. The van der Waals surface area contributed by atoms with Gasteiger partial charge in [0.15, 0.2) is 0 Å². The van der Waals surface area contributed by atoms with E-state index in [2.05, 4.69) is 20.2 Å². The summed E-state index contributed by atoms with van der Waals surface area (Å²) in [4.78, 5) is 22.3. The van der Waals surface area contributed by atoms with Gasteiger partial charge in [-0.3, -0.25) is 9.89 Å². The summed E-state index contributed by atoms with van der Waals surface area (Å²) in [5.41, 5.74) is 1.42. The summed E-state index contributed by atoms with van der Waals surface area (Å²) >= 11 is 0. The van der Waals surface area contributed by atoms with Crippen LogP contribution in [-0.2, 0) is 4.74 Å². The van der Waals surface area contributed by atoms with E-state index in [4.69, 9.17) is 9.47 Å².